The lowest BCUT2D eigenvalue weighted by molar-refractivity contribution is 0.0950. The summed E-state index contributed by atoms with van der Waals surface area (Å²) in [5, 5.41) is 8.55. The van der Waals surface area contributed by atoms with Crippen LogP contribution in [-0.2, 0) is 6.54 Å². The van der Waals surface area contributed by atoms with Crippen LogP contribution < -0.4 is 10.6 Å². The zero-order chi connectivity index (χ0) is 17.9. The maximum Gasteiger partial charge on any atom is 0.251 e. The summed E-state index contributed by atoms with van der Waals surface area (Å²) in [6, 6.07) is 5.45. The molecule has 0 heterocycles. The number of amides is 1. The van der Waals surface area contributed by atoms with E-state index in [1.807, 2.05) is 13.0 Å². The molecule has 0 unspecified atom stereocenters. The topological polar surface area (TPSA) is 77.3 Å². The summed E-state index contributed by atoms with van der Waals surface area (Å²) in [7, 11) is 1.70. The Morgan fingerprint density at radius 1 is 1.33 bits per heavy atom. The number of rotatable bonds is 5. The summed E-state index contributed by atoms with van der Waals surface area (Å²) in [6.07, 6.45) is 0. The van der Waals surface area contributed by atoms with E-state index >= 15 is 0 Å². The van der Waals surface area contributed by atoms with E-state index in [9.17, 15) is 13.6 Å². The van der Waals surface area contributed by atoms with Gasteiger partial charge in [-0.15, -0.1) is 0 Å². The summed E-state index contributed by atoms with van der Waals surface area (Å²) in [4.78, 5) is 12.1. The second kappa shape index (κ2) is 7.35. The molecule has 3 N–H and O–H groups in total. The van der Waals surface area contributed by atoms with Crippen molar-refractivity contribution in [1.82, 2.24) is 5.32 Å². The van der Waals surface area contributed by atoms with Crippen LogP contribution in [0.2, 0.25) is 5.02 Å². The van der Waals surface area contributed by atoms with Gasteiger partial charge in [0.2, 0.25) is 0 Å². The largest absolute Gasteiger partial charge is 0.386 e. The summed E-state index contributed by atoms with van der Waals surface area (Å²) in [5.74, 6) is -3.00. The number of carbonyl (C=O) groups is 1. The number of anilines is 1. The van der Waals surface area contributed by atoms with Crippen LogP contribution in [0, 0.1) is 24.1 Å². The Balaban J connectivity index is 2.25. The van der Waals surface area contributed by atoms with E-state index in [4.69, 9.17) is 17.1 Å². The van der Waals surface area contributed by atoms with Crippen LogP contribution in [0.1, 0.15) is 21.5 Å². The molecule has 1 amide bonds. The van der Waals surface area contributed by atoms with Gasteiger partial charge in [0, 0.05) is 24.7 Å². The van der Waals surface area contributed by atoms with Gasteiger partial charge in [0.1, 0.15) is 5.69 Å². The molecule has 24 heavy (non-hydrogen) atoms. The lowest BCUT2D eigenvalue weighted by Gasteiger charge is -2.14. The van der Waals surface area contributed by atoms with Crippen molar-refractivity contribution in [2.45, 2.75) is 13.5 Å². The van der Waals surface area contributed by atoms with Gasteiger partial charge in [-0.1, -0.05) is 17.7 Å². The molecule has 2 rings (SSSR count). The average Bonchev–Trinajstić information content (AvgIpc) is 2.57. The maximum absolute atomic E-state index is 13.4. The third-order valence-electron chi connectivity index (χ3n) is 3.57. The van der Waals surface area contributed by atoms with Crippen LogP contribution in [0.25, 0.3) is 0 Å². The number of hydrogen-bond donors (Lipinski definition) is 3. The predicted molar refractivity (Wildman–Crippen MR) is 88.1 cm³/mol. The minimum Gasteiger partial charge on any atom is -0.386 e. The molecule has 2 aromatic carbocycles. The molecule has 0 atom stereocenters. The smallest absolute Gasteiger partial charge is 0.251 e. The highest BCUT2D eigenvalue weighted by atomic mass is 35.5. The molecular formula is C16H15ClF2N4O. The molecule has 0 aromatic heterocycles. The molecule has 0 fully saturated rings. The van der Waals surface area contributed by atoms with Crippen LogP contribution in [0.4, 0.5) is 20.2 Å². The number of nitrogens with one attached hydrogen (secondary N) is 3. The van der Waals surface area contributed by atoms with Crippen molar-refractivity contribution < 1.29 is 13.6 Å². The van der Waals surface area contributed by atoms with Crippen molar-refractivity contribution in [2.75, 3.05) is 12.4 Å². The van der Waals surface area contributed by atoms with Gasteiger partial charge in [-0.2, -0.15) is 5.11 Å². The number of hydrogen-bond acceptors (Lipinski definition) is 4. The monoisotopic (exact) mass is 352 g/mol. The highest BCUT2D eigenvalue weighted by Crippen LogP contribution is 2.31. The van der Waals surface area contributed by atoms with Gasteiger partial charge >= 0.3 is 0 Å². The quantitative estimate of drug-likeness (QED) is 0.545. The number of benzene rings is 2. The molecule has 2 aromatic rings. The van der Waals surface area contributed by atoms with Gasteiger partial charge in [-0.05, 0) is 30.7 Å². The number of nitrogens with zero attached hydrogens (tertiary/aromatic N) is 1. The Bertz CT molecular complexity index is 788. The molecule has 0 bridgehead atoms. The highest BCUT2D eigenvalue weighted by molar-refractivity contribution is 6.31. The number of aryl methyl sites for hydroxylation is 1. The van der Waals surface area contributed by atoms with Crippen molar-refractivity contribution in [3.05, 3.63) is 57.6 Å². The van der Waals surface area contributed by atoms with Gasteiger partial charge in [0.15, 0.2) is 11.6 Å². The van der Waals surface area contributed by atoms with E-state index in [-0.39, 0.29) is 12.1 Å². The molecule has 0 radical (unpaired) electrons. The SMILES string of the molecule is CNc1ccc(C)c(CNC(=O)c2cc(F)c(F)c(Cl)c2)c1N=N. The molecule has 0 spiro atoms. The zero-order valence-corrected chi connectivity index (χ0v) is 13.8. The molecular weight excluding hydrogens is 338 g/mol. The normalized spacial score (nSPS) is 10.4. The molecule has 8 heteroatoms. The Kier molecular flexibility index (Phi) is 5.46. The molecule has 126 valence electrons. The molecule has 0 aliphatic rings. The first-order chi connectivity index (χ1) is 11.4. The van der Waals surface area contributed by atoms with Crippen LogP contribution in [0.15, 0.2) is 29.4 Å². The van der Waals surface area contributed by atoms with Gasteiger partial charge in [-0.25, -0.2) is 14.3 Å². The zero-order valence-electron chi connectivity index (χ0n) is 13.0. The van der Waals surface area contributed by atoms with Crippen molar-refractivity contribution in [3.63, 3.8) is 0 Å². The molecule has 5 nitrogen and oxygen atoms in total. The van der Waals surface area contributed by atoms with E-state index in [1.54, 1.807) is 13.1 Å². The Labute approximate surface area is 142 Å². The Morgan fingerprint density at radius 3 is 2.62 bits per heavy atom. The van der Waals surface area contributed by atoms with Crippen LogP contribution in [0.5, 0.6) is 0 Å². The van der Waals surface area contributed by atoms with Crippen molar-refractivity contribution in [3.8, 4) is 0 Å². The summed E-state index contributed by atoms with van der Waals surface area (Å²) in [5.41, 5.74) is 9.77. The van der Waals surface area contributed by atoms with Gasteiger partial charge < -0.3 is 10.6 Å². The summed E-state index contributed by atoms with van der Waals surface area (Å²) >= 11 is 5.55. The summed E-state index contributed by atoms with van der Waals surface area (Å²) < 4.78 is 26.5. The minimum atomic E-state index is -1.19. The first-order valence-electron chi connectivity index (χ1n) is 6.99. The van der Waals surface area contributed by atoms with Gasteiger partial charge in [0.25, 0.3) is 5.91 Å². The van der Waals surface area contributed by atoms with E-state index in [2.05, 4.69) is 15.7 Å². The minimum absolute atomic E-state index is 0.0779. The van der Waals surface area contributed by atoms with Crippen molar-refractivity contribution in [1.29, 1.82) is 5.53 Å². The summed E-state index contributed by atoms with van der Waals surface area (Å²) in [6.45, 7) is 1.90. The van der Waals surface area contributed by atoms with Crippen LogP contribution >= 0.6 is 11.6 Å². The average molecular weight is 353 g/mol. The molecule has 0 aliphatic heterocycles. The van der Waals surface area contributed by atoms with E-state index in [0.29, 0.717) is 16.9 Å². The Morgan fingerprint density at radius 2 is 2.04 bits per heavy atom. The highest BCUT2D eigenvalue weighted by Gasteiger charge is 2.16. The lowest BCUT2D eigenvalue weighted by atomic mass is 10.0. The third kappa shape index (κ3) is 3.51. The lowest BCUT2D eigenvalue weighted by Crippen LogP contribution is -2.23. The molecule has 0 aliphatic carbocycles. The van der Waals surface area contributed by atoms with E-state index in [1.165, 1.54) is 0 Å². The fraction of sp³-hybridized carbons (Fsp3) is 0.188. The fourth-order valence-corrected chi connectivity index (χ4v) is 2.45. The van der Waals surface area contributed by atoms with Crippen molar-refractivity contribution >= 4 is 28.9 Å². The second-order valence-electron chi connectivity index (χ2n) is 5.06. The predicted octanol–water partition coefficient (Wildman–Crippen LogP) is 4.56. The number of halogens is 3. The van der Waals surface area contributed by atoms with Crippen molar-refractivity contribution in [2.24, 2.45) is 5.11 Å². The molecule has 0 saturated carbocycles. The maximum atomic E-state index is 13.4. The second-order valence-corrected chi connectivity index (χ2v) is 5.46. The number of carbonyl (C=O) groups excluding carboxylic acids is 1. The van der Waals surface area contributed by atoms with Crippen LogP contribution in [0.3, 0.4) is 0 Å². The van der Waals surface area contributed by atoms with E-state index in [0.717, 1.165) is 17.7 Å². The van der Waals surface area contributed by atoms with Gasteiger partial charge in [0.05, 0.1) is 10.7 Å². The fourth-order valence-electron chi connectivity index (χ4n) is 2.25. The first kappa shape index (κ1) is 17.8. The Hall–Kier alpha value is -2.54. The van der Waals surface area contributed by atoms with E-state index < -0.39 is 22.6 Å². The molecule has 0 saturated heterocycles. The third-order valence-corrected chi connectivity index (χ3v) is 3.84. The first-order valence-corrected chi connectivity index (χ1v) is 7.37. The van der Waals surface area contributed by atoms with Crippen LogP contribution in [-0.4, -0.2) is 13.0 Å². The van der Waals surface area contributed by atoms with Gasteiger partial charge in [-0.3, -0.25) is 4.79 Å². The standard InChI is InChI=1S/C16H15ClF2N4O/c1-8-3-4-13(21-2)15(23-20)10(8)7-22-16(24)9-5-11(17)14(19)12(18)6-9/h3-6,20-21H,7H2,1-2H3,(H,22,24).